The molecule has 1 rings (SSSR count). The van der Waals surface area contributed by atoms with Crippen LogP contribution in [0.4, 0.5) is 4.39 Å². The lowest BCUT2D eigenvalue weighted by Crippen LogP contribution is -2.38. The Labute approximate surface area is 103 Å². The second kappa shape index (κ2) is 7.80. The number of hydrogen-bond acceptors (Lipinski definition) is 1. The first-order chi connectivity index (χ1) is 8.31. The molecule has 1 atom stereocenters. The SMILES string of the molecule is C=CCN(CC=C)[C@H](CF)Cc1ccccc1. The van der Waals surface area contributed by atoms with Crippen molar-refractivity contribution in [2.75, 3.05) is 19.8 Å². The van der Waals surface area contributed by atoms with Crippen molar-refractivity contribution in [3.05, 3.63) is 61.2 Å². The van der Waals surface area contributed by atoms with Gasteiger partial charge in [-0.05, 0) is 12.0 Å². The summed E-state index contributed by atoms with van der Waals surface area (Å²) in [5.74, 6) is 0. The van der Waals surface area contributed by atoms with E-state index in [1.54, 1.807) is 12.2 Å². The number of nitrogens with zero attached hydrogens (tertiary/aromatic N) is 1. The van der Waals surface area contributed by atoms with Gasteiger partial charge in [0.25, 0.3) is 0 Å². The molecule has 0 N–H and O–H groups in total. The van der Waals surface area contributed by atoms with Gasteiger partial charge in [0.1, 0.15) is 6.67 Å². The third kappa shape index (κ3) is 4.53. The number of halogens is 1. The topological polar surface area (TPSA) is 3.24 Å². The Morgan fingerprint density at radius 3 is 2.18 bits per heavy atom. The Hall–Kier alpha value is -1.41. The summed E-state index contributed by atoms with van der Waals surface area (Å²) in [5.41, 5.74) is 1.16. The van der Waals surface area contributed by atoms with Crippen molar-refractivity contribution in [1.82, 2.24) is 4.90 Å². The molecule has 0 aromatic heterocycles. The van der Waals surface area contributed by atoms with Crippen molar-refractivity contribution in [1.29, 1.82) is 0 Å². The van der Waals surface area contributed by atoms with E-state index in [4.69, 9.17) is 0 Å². The number of hydrogen-bond donors (Lipinski definition) is 0. The summed E-state index contributed by atoms with van der Waals surface area (Å²) < 4.78 is 13.1. The zero-order valence-corrected chi connectivity index (χ0v) is 10.2. The van der Waals surface area contributed by atoms with Crippen LogP contribution < -0.4 is 0 Å². The molecule has 92 valence electrons. The van der Waals surface area contributed by atoms with Crippen LogP contribution in [0.1, 0.15) is 5.56 Å². The van der Waals surface area contributed by atoms with Crippen LogP contribution in [0.25, 0.3) is 0 Å². The van der Waals surface area contributed by atoms with E-state index >= 15 is 0 Å². The highest BCUT2D eigenvalue weighted by atomic mass is 19.1. The first-order valence-corrected chi connectivity index (χ1v) is 5.87. The highest BCUT2D eigenvalue weighted by Gasteiger charge is 2.16. The van der Waals surface area contributed by atoms with Gasteiger partial charge in [-0.25, -0.2) is 4.39 Å². The van der Waals surface area contributed by atoms with E-state index in [2.05, 4.69) is 13.2 Å². The molecule has 2 heteroatoms. The molecule has 0 heterocycles. The van der Waals surface area contributed by atoms with E-state index < -0.39 is 0 Å². The van der Waals surface area contributed by atoms with Gasteiger partial charge < -0.3 is 0 Å². The van der Waals surface area contributed by atoms with Crippen molar-refractivity contribution in [2.24, 2.45) is 0 Å². The largest absolute Gasteiger partial charge is 0.290 e. The molecule has 0 aliphatic carbocycles. The molecule has 0 fully saturated rings. The van der Waals surface area contributed by atoms with E-state index in [0.29, 0.717) is 13.1 Å². The van der Waals surface area contributed by atoms with Crippen molar-refractivity contribution in [2.45, 2.75) is 12.5 Å². The summed E-state index contributed by atoms with van der Waals surface area (Å²) in [5, 5.41) is 0. The van der Waals surface area contributed by atoms with Gasteiger partial charge in [-0.3, -0.25) is 4.90 Å². The third-order valence-electron chi connectivity index (χ3n) is 2.74. The second-order valence-corrected chi connectivity index (χ2v) is 4.03. The number of benzene rings is 1. The molecule has 0 unspecified atom stereocenters. The second-order valence-electron chi connectivity index (χ2n) is 4.03. The maximum Gasteiger partial charge on any atom is 0.105 e. The third-order valence-corrected chi connectivity index (χ3v) is 2.74. The molecule has 0 aliphatic rings. The first-order valence-electron chi connectivity index (χ1n) is 5.87. The standard InChI is InChI=1S/C15H20FN/c1-3-10-17(11-4-2)15(13-16)12-14-8-6-5-7-9-14/h3-9,15H,1-2,10-13H2/t15-/m0/s1. The van der Waals surface area contributed by atoms with Gasteiger partial charge in [-0.15, -0.1) is 13.2 Å². The van der Waals surface area contributed by atoms with Crippen LogP contribution in [0.5, 0.6) is 0 Å². The van der Waals surface area contributed by atoms with Crippen LogP contribution >= 0.6 is 0 Å². The summed E-state index contributed by atoms with van der Waals surface area (Å²) in [7, 11) is 0. The average molecular weight is 233 g/mol. The molecule has 0 bridgehead atoms. The van der Waals surface area contributed by atoms with Crippen LogP contribution in [-0.4, -0.2) is 30.7 Å². The molecule has 1 aromatic carbocycles. The molecule has 0 amide bonds. The van der Waals surface area contributed by atoms with Crippen LogP contribution in [0, 0.1) is 0 Å². The molecular formula is C15H20FN. The van der Waals surface area contributed by atoms with Gasteiger partial charge in [0, 0.05) is 19.1 Å². The van der Waals surface area contributed by atoms with Crippen LogP contribution in [0.3, 0.4) is 0 Å². The fourth-order valence-electron chi connectivity index (χ4n) is 1.87. The Morgan fingerprint density at radius 2 is 1.71 bits per heavy atom. The summed E-state index contributed by atoms with van der Waals surface area (Å²) >= 11 is 0. The lowest BCUT2D eigenvalue weighted by atomic mass is 10.1. The normalized spacial score (nSPS) is 12.4. The summed E-state index contributed by atoms with van der Waals surface area (Å²) in [6.45, 7) is 8.44. The first kappa shape index (κ1) is 13.7. The quantitative estimate of drug-likeness (QED) is 0.623. The van der Waals surface area contributed by atoms with Crippen molar-refractivity contribution < 1.29 is 4.39 Å². The highest BCUT2D eigenvalue weighted by molar-refractivity contribution is 5.16. The maximum atomic E-state index is 13.1. The monoisotopic (exact) mass is 233 g/mol. The summed E-state index contributed by atoms with van der Waals surface area (Å²) in [6, 6.07) is 9.89. The lowest BCUT2D eigenvalue weighted by Gasteiger charge is -2.27. The maximum absolute atomic E-state index is 13.1. The van der Waals surface area contributed by atoms with Crippen molar-refractivity contribution >= 4 is 0 Å². The zero-order valence-electron chi connectivity index (χ0n) is 10.2. The fourth-order valence-corrected chi connectivity index (χ4v) is 1.87. The minimum absolute atomic E-state index is 0.103. The smallest absolute Gasteiger partial charge is 0.105 e. The van der Waals surface area contributed by atoms with Crippen LogP contribution in [0.2, 0.25) is 0 Å². The van der Waals surface area contributed by atoms with E-state index in [0.717, 1.165) is 12.0 Å². The Balaban J connectivity index is 2.67. The predicted octanol–water partition coefficient (Wildman–Crippen LogP) is 3.24. The highest BCUT2D eigenvalue weighted by Crippen LogP contribution is 2.10. The van der Waals surface area contributed by atoms with Crippen molar-refractivity contribution in [3.63, 3.8) is 0 Å². The minimum Gasteiger partial charge on any atom is -0.290 e. The van der Waals surface area contributed by atoms with Gasteiger partial charge in [0.2, 0.25) is 0 Å². The summed E-state index contributed by atoms with van der Waals surface area (Å²) in [6.07, 6.45) is 4.33. The Bertz CT molecular complexity index is 324. The van der Waals surface area contributed by atoms with Crippen LogP contribution in [0.15, 0.2) is 55.6 Å². The van der Waals surface area contributed by atoms with Gasteiger partial charge in [0.15, 0.2) is 0 Å². The van der Waals surface area contributed by atoms with Crippen LogP contribution in [-0.2, 0) is 6.42 Å². The number of alkyl halides is 1. The molecular weight excluding hydrogens is 213 g/mol. The van der Waals surface area contributed by atoms with Crippen molar-refractivity contribution in [3.8, 4) is 0 Å². The predicted molar refractivity (Wildman–Crippen MR) is 71.9 cm³/mol. The Morgan fingerprint density at radius 1 is 1.12 bits per heavy atom. The molecule has 0 aliphatic heterocycles. The molecule has 0 saturated heterocycles. The minimum atomic E-state index is -0.351. The average Bonchev–Trinajstić information content (AvgIpc) is 2.37. The molecule has 0 radical (unpaired) electrons. The van der Waals surface area contributed by atoms with E-state index in [1.807, 2.05) is 35.2 Å². The Kier molecular flexibility index (Phi) is 6.26. The fraction of sp³-hybridized carbons (Fsp3) is 0.333. The van der Waals surface area contributed by atoms with Gasteiger partial charge in [0.05, 0.1) is 0 Å². The van der Waals surface area contributed by atoms with Gasteiger partial charge in [-0.2, -0.15) is 0 Å². The summed E-state index contributed by atoms with van der Waals surface area (Å²) in [4.78, 5) is 2.05. The molecule has 17 heavy (non-hydrogen) atoms. The molecule has 1 aromatic rings. The van der Waals surface area contributed by atoms with Gasteiger partial charge in [-0.1, -0.05) is 42.5 Å². The van der Waals surface area contributed by atoms with E-state index in [-0.39, 0.29) is 12.7 Å². The molecule has 0 saturated carbocycles. The molecule has 1 nitrogen and oxygen atoms in total. The number of rotatable bonds is 8. The van der Waals surface area contributed by atoms with Gasteiger partial charge >= 0.3 is 0 Å². The molecule has 0 spiro atoms. The van der Waals surface area contributed by atoms with E-state index in [1.165, 1.54) is 0 Å². The lowest BCUT2D eigenvalue weighted by molar-refractivity contribution is 0.198. The van der Waals surface area contributed by atoms with E-state index in [9.17, 15) is 4.39 Å². The zero-order chi connectivity index (χ0) is 12.5.